The first-order valence-electron chi connectivity index (χ1n) is 18.9. The van der Waals surface area contributed by atoms with Gasteiger partial charge < -0.3 is 0 Å². The summed E-state index contributed by atoms with van der Waals surface area (Å²) in [6.07, 6.45) is 23.5. The van der Waals surface area contributed by atoms with Crippen molar-refractivity contribution in [3.63, 3.8) is 0 Å². The van der Waals surface area contributed by atoms with E-state index in [9.17, 15) is 10.2 Å². The normalized spacial score (nSPS) is 59.4. The SMILES string of the molecule is C[C@]12CCC(O)CC1CCC1C2CC[C@]2(C)C(O[I-]OC3CCC4C5CCC6CC(O)CC[C@]6(C)C5CC[C@]34C)CCC12. The van der Waals surface area contributed by atoms with Crippen molar-refractivity contribution < 1.29 is 38.4 Å². The van der Waals surface area contributed by atoms with Gasteiger partial charge in [-0.3, -0.25) is 0 Å². The Morgan fingerprint density at radius 3 is 1.30 bits per heavy atom. The zero-order valence-electron chi connectivity index (χ0n) is 27.7. The van der Waals surface area contributed by atoms with Gasteiger partial charge in [-0.2, -0.15) is 0 Å². The fourth-order valence-corrected chi connectivity index (χ4v) is 17.1. The van der Waals surface area contributed by atoms with Gasteiger partial charge >= 0.3 is 275 Å². The van der Waals surface area contributed by atoms with Crippen molar-refractivity contribution in [2.75, 3.05) is 0 Å². The van der Waals surface area contributed by atoms with E-state index in [1.54, 1.807) is 0 Å². The summed E-state index contributed by atoms with van der Waals surface area (Å²) in [5, 5.41) is 20.8. The Kier molecular flexibility index (Phi) is 7.94. The molecule has 0 bridgehead atoms. The number of aliphatic hydroxyl groups excluding tert-OH is 2. The topological polar surface area (TPSA) is 58.9 Å². The zero-order valence-corrected chi connectivity index (χ0v) is 29.9. The molecule has 0 aromatic carbocycles. The molecule has 0 aromatic rings. The first-order valence-corrected chi connectivity index (χ1v) is 20.6. The average Bonchev–Trinajstić information content (AvgIpc) is 3.50. The predicted octanol–water partition coefficient (Wildman–Crippen LogP) is 5.48. The Hall–Kier alpha value is 0.570. The molecule has 8 aliphatic rings. The van der Waals surface area contributed by atoms with Crippen LogP contribution in [0.2, 0.25) is 0 Å². The van der Waals surface area contributed by atoms with Crippen molar-refractivity contribution in [1.82, 2.24) is 0 Å². The Balaban J connectivity index is 0.890. The molecule has 0 radical (unpaired) electrons. The van der Waals surface area contributed by atoms with Crippen molar-refractivity contribution in [1.29, 1.82) is 0 Å². The van der Waals surface area contributed by atoms with Crippen LogP contribution >= 0.6 is 0 Å². The second kappa shape index (κ2) is 11.1. The summed E-state index contributed by atoms with van der Waals surface area (Å²) < 4.78 is 13.8. The number of rotatable bonds is 4. The summed E-state index contributed by atoms with van der Waals surface area (Å²) in [6, 6.07) is 0. The van der Waals surface area contributed by atoms with Gasteiger partial charge in [0.05, 0.1) is 0 Å². The maximum absolute atomic E-state index is 10.4. The molecule has 8 aliphatic carbocycles. The van der Waals surface area contributed by atoms with E-state index in [2.05, 4.69) is 27.7 Å². The minimum atomic E-state index is -0.687. The standard InChI is InChI=1S/C38H62IO4/c1-35-17-13-25(40)21-23(35)5-7-27-29-9-11-33(37(29,3)19-15-31(27)35)42-39-43-34-12-10-30-28-8-6-24-22-26(41)14-18-36(24,2)32(28)16-20-38(30,34)4/h23-34,40-41H,5-22H2,1-4H3/q-1/t23?,24?,25?,26?,27?,28?,29?,30?,31?,32?,33?,34?,35-,36-,37-,38-/m0/s1. The van der Waals surface area contributed by atoms with E-state index in [0.717, 1.165) is 73.0 Å². The third-order valence-electron chi connectivity index (χ3n) is 17.4. The van der Waals surface area contributed by atoms with Crippen LogP contribution in [0.4, 0.5) is 0 Å². The van der Waals surface area contributed by atoms with Crippen molar-refractivity contribution in [3.8, 4) is 0 Å². The number of hydrogen-bond acceptors (Lipinski definition) is 4. The summed E-state index contributed by atoms with van der Waals surface area (Å²) in [6.45, 7) is 10.4. The molecule has 8 rings (SSSR count). The van der Waals surface area contributed by atoms with E-state index < -0.39 is 22.0 Å². The van der Waals surface area contributed by atoms with E-state index in [4.69, 9.17) is 6.13 Å². The molecule has 12 unspecified atom stereocenters. The number of halogens is 1. The van der Waals surface area contributed by atoms with Crippen LogP contribution < -0.4 is 22.0 Å². The molecule has 0 aliphatic heterocycles. The molecule has 246 valence electrons. The average molecular weight is 710 g/mol. The van der Waals surface area contributed by atoms with Crippen molar-refractivity contribution in [2.45, 2.75) is 168 Å². The Morgan fingerprint density at radius 1 is 0.465 bits per heavy atom. The Labute approximate surface area is 273 Å². The van der Waals surface area contributed by atoms with Crippen molar-refractivity contribution in [2.24, 2.45) is 69.0 Å². The van der Waals surface area contributed by atoms with Crippen LogP contribution in [-0.2, 0) is 6.13 Å². The van der Waals surface area contributed by atoms with Crippen molar-refractivity contribution >= 4 is 0 Å². The quantitative estimate of drug-likeness (QED) is 0.380. The van der Waals surface area contributed by atoms with Crippen LogP contribution in [0, 0.1) is 69.0 Å². The van der Waals surface area contributed by atoms with Crippen LogP contribution in [0.1, 0.15) is 143 Å². The molecular weight excluding hydrogens is 647 g/mol. The van der Waals surface area contributed by atoms with Gasteiger partial charge in [0.25, 0.3) is 0 Å². The monoisotopic (exact) mass is 709 g/mol. The van der Waals surface area contributed by atoms with Crippen molar-refractivity contribution in [3.05, 3.63) is 0 Å². The van der Waals surface area contributed by atoms with E-state index in [1.165, 1.54) is 89.9 Å². The molecule has 0 saturated heterocycles. The maximum atomic E-state index is 10.4. The predicted molar refractivity (Wildman–Crippen MR) is 165 cm³/mol. The molecule has 0 spiro atoms. The summed E-state index contributed by atoms with van der Waals surface area (Å²) in [7, 11) is 0. The minimum absolute atomic E-state index is 0.0469. The van der Waals surface area contributed by atoms with E-state index in [1.807, 2.05) is 0 Å². The van der Waals surface area contributed by atoms with Gasteiger partial charge in [-0.15, -0.1) is 0 Å². The van der Waals surface area contributed by atoms with Gasteiger partial charge in [0.15, 0.2) is 0 Å². The molecule has 0 aromatic heterocycles. The van der Waals surface area contributed by atoms with Gasteiger partial charge in [-0.1, -0.05) is 0 Å². The molecule has 0 heterocycles. The van der Waals surface area contributed by atoms with Gasteiger partial charge in [0.2, 0.25) is 0 Å². The number of hydrogen-bond donors (Lipinski definition) is 2. The van der Waals surface area contributed by atoms with E-state index >= 15 is 0 Å². The molecule has 4 nitrogen and oxygen atoms in total. The van der Waals surface area contributed by atoms with Crippen LogP contribution in [-0.4, -0.2) is 34.6 Å². The van der Waals surface area contributed by atoms with Gasteiger partial charge in [0, 0.05) is 0 Å². The molecule has 16 atom stereocenters. The Morgan fingerprint density at radius 2 is 0.860 bits per heavy atom. The van der Waals surface area contributed by atoms with Gasteiger partial charge in [-0.05, 0) is 0 Å². The molecule has 2 N–H and O–H groups in total. The molecule has 8 saturated carbocycles. The van der Waals surface area contributed by atoms with Gasteiger partial charge in [0.1, 0.15) is 0 Å². The molecule has 5 heteroatoms. The Bertz CT molecular complexity index is 973. The fourth-order valence-electron chi connectivity index (χ4n) is 14.8. The number of fused-ring (bicyclic) bond motifs is 10. The van der Waals surface area contributed by atoms with Crippen LogP contribution in [0.25, 0.3) is 0 Å². The van der Waals surface area contributed by atoms with Crippen LogP contribution in [0.3, 0.4) is 0 Å². The fraction of sp³-hybridized carbons (Fsp3) is 1.00. The second-order valence-electron chi connectivity index (χ2n) is 18.6. The zero-order chi connectivity index (χ0) is 29.8. The van der Waals surface area contributed by atoms with E-state index in [0.29, 0.717) is 33.9 Å². The summed E-state index contributed by atoms with van der Waals surface area (Å²) in [4.78, 5) is 0. The summed E-state index contributed by atoms with van der Waals surface area (Å²) in [5.74, 6) is 6.61. The third-order valence-corrected chi connectivity index (χ3v) is 19.0. The first-order chi connectivity index (χ1) is 20.6. The molecule has 0 amide bonds. The van der Waals surface area contributed by atoms with Gasteiger partial charge in [-0.25, -0.2) is 0 Å². The number of aliphatic hydroxyl groups is 2. The second-order valence-corrected chi connectivity index (χ2v) is 20.0. The van der Waals surface area contributed by atoms with Crippen LogP contribution in [0.15, 0.2) is 0 Å². The van der Waals surface area contributed by atoms with E-state index in [-0.39, 0.29) is 12.2 Å². The summed E-state index contributed by atoms with van der Waals surface area (Å²) >= 11 is -0.687. The third kappa shape index (κ3) is 4.66. The first kappa shape index (κ1) is 30.9. The molecule has 8 fully saturated rings. The van der Waals surface area contributed by atoms with Crippen LogP contribution in [0.5, 0.6) is 0 Å². The molecule has 43 heavy (non-hydrogen) atoms. The summed E-state index contributed by atoms with van der Waals surface area (Å²) in [5.41, 5.74) is 1.59. The molecular formula is C38H62IO4-.